The van der Waals surface area contributed by atoms with Crippen LogP contribution < -0.4 is 0 Å². The lowest BCUT2D eigenvalue weighted by Crippen LogP contribution is -2.57. The highest BCUT2D eigenvalue weighted by atomic mass is 16.5. The summed E-state index contributed by atoms with van der Waals surface area (Å²) < 4.78 is 5.93. The maximum Gasteiger partial charge on any atom is 0.230 e. The molecule has 2 aromatic rings. The van der Waals surface area contributed by atoms with Crippen LogP contribution in [-0.2, 0) is 4.74 Å². The van der Waals surface area contributed by atoms with Gasteiger partial charge < -0.3 is 9.55 Å². The maximum atomic E-state index is 5.93. The van der Waals surface area contributed by atoms with Gasteiger partial charge in [0.2, 0.25) is 6.85 Å². The van der Waals surface area contributed by atoms with Gasteiger partial charge in [0.15, 0.2) is 0 Å². The van der Waals surface area contributed by atoms with Crippen molar-refractivity contribution in [2.24, 2.45) is 35.5 Å². The lowest BCUT2D eigenvalue weighted by atomic mass is 9.30. The van der Waals surface area contributed by atoms with Gasteiger partial charge in [0, 0.05) is 13.1 Å². The molecule has 3 heteroatoms. The molecule has 0 amide bonds. The minimum absolute atomic E-state index is 0.801. The van der Waals surface area contributed by atoms with Crippen molar-refractivity contribution >= 4 is 6.85 Å². The smallest absolute Gasteiger partial charge is 0.230 e. The molecule has 0 radical (unpaired) electrons. The van der Waals surface area contributed by atoms with Crippen molar-refractivity contribution in [1.82, 2.24) is 4.81 Å². The maximum absolute atomic E-state index is 5.93. The summed E-state index contributed by atoms with van der Waals surface area (Å²) >= 11 is 0. The quantitative estimate of drug-likeness (QED) is 0.392. The summed E-state index contributed by atoms with van der Waals surface area (Å²) in [6.07, 6.45) is 13.3. The summed E-state index contributed by atoms with van der Waals surface area (Å²) in [6, 6.07) is 23.3. The fourth-order valence-electron chi connectivity index (χ4n) is 11.8. The highest BCUT2D eigenvalue weighted by Crippen LogP contribution is 2.69. The van der Waals surface area contributed by atoms with Crippen LogP contribution in [0.3, 0.4) is 0 Å². The van der Waals surface area contributed by atoms with Crippen LogP contribution in [0.4, 0.5) is 0 Å². The van der Waals surface area contributed by atoms with Crippen LogP contribution in [0.5, 0.6) is 0 Å². The Morgan fingerprint density at radius 3 is 1.58 bits per heavy atom. The molecule has 6 fully saturated rings. The van der Waals surface area contributed by atoms with E-state index in [9.17, 15) is 0 Å². The third-order valence-electron chi connectivity index (χ3n) is 12.8. The molecule has 38 heavy (non-hydrogen) atoms. The molecule has 10 atom stereocenters. The van der Waals surface area contributed by atoms with Gasteiger partial charge in [-0.1, -0.05) is 86.3 Å². The summed E-state index contributed by atoms with van der Waals surface area (Å²) in [7, 11) is 0. The SMILES string of the molecule is c1ccc(C2CCCC3C2CC2CC4CC5C(c6ccccc6)CCCC5C4B(N4CCOCC4)C23)cc1. The Morgan fingerprint density at radius 2 is 1.08 bits per heavy atom. The summed E-state index contributed by atoms with van der Waals surface area (Å²) in [5, 5.41) is 0. The number of ether oxygens (including phenoxy) is 1. The molecule has 0 N–H and O–H groups in total. The second kappa shape index (κ2) is 10.1. The number of benzene rings is 2. The van der Waals surface area contributed by atoms with E-state index >= 15 is 0 Å². The van der Waals surface area contributed by atoms with Crippen molar-refractivity contribution in [2.75, 3.05) is 26.3 Å². The standard InChI is InChI=1S/C35H46BNO/c1-3-9-24(10-4-1)28-13-7-15-30-32(28)22-26-21-27-23-33-29(25-11-5-2-6-12-25)14-8-16-31(33)35(27)36(34(26)30)37-17-19-38-20-18-37/h1-6,9-12,26-35H,7-8,13-23H2. The molecule has 200 valence electrons. The van der Waals surface area contributed by atoms with E-state index in [2.05, 4.69) is 65.5 Å². The van der Waals surface area contributed by atoms with Crippen LogP contribution in [0.1, 0.15) is 80.8 Å². The molecule has 2 nitrogen and oxygen atoms in total. The first-order chi connectivity index (χ1) is 18.9. The van der Waals surface area contributed by atoms with Crippen molar-refractivity contribution in [3.8, 4) is 0 Å². The van der Waals surface area contributed by atoms with E-state index in [1.165, 1.54) is 64.5 Å². The zero-order valence-corrected chi connectivity index (χ0v) is 23.2. The van der Waals surface area contributed by atoms with Gasteiger partial charge in [0.05, 0.1) is 13.2 Å². The first-order valence-electron chi connectivity index (χ1n) is 16.3. The fraction of sp³-hybridized carbons (Fsp3) is 0.657. The lowest BCUT2D eigenvalue weighted by Gasteiger charge is -2.51. The molecule has 2 heterocycles. The second-order valence-electron chi connectivity index (χ2n) is 14.1. The number of fused-ring (bicyclic) bond motifs is 6. The van der Waals surface area contributed by atoms with Crippen LogP contribution in [-0.4, -0.2) is 38.0 Å². The van der Waals surface area contributed by atoms with Crippen molar-refractivity contribution in [1.29, 1.82) is 0 Å². The third kappa shape index (κ3) is 3.97. The van der Waals surface area contributed by atoms with E-state index in [-0.39, 0.29) is 0 Å². The van der Waals surface area contributed by atoms with Crippen molar-refractivity contribution in [2.45, 2.75) is 81.3 Å². The van der Waals surface area contributed by atoms with Gasteiger partial charge in [-0.25, -0.2) is 0 Å². The van der Waals surface area contributed by atoms with Gasteiger partial charge in [-0.3, -0.25) is 0 Å². The fourth-order valence-corrected chi connectivity index (χ4v) is 11.8. The summed E-state index contributed by atoms with van der Waals surface area (Å²) in [6.45, 7) is 5.07. The van der Waals surface area contributed by atoms with E-state index in [1.54, 1.807) is 17.5 Å². The van der Waals surface area contributed by atoms with Crippen LogP contribution in [0, 0.1) is 35.5 Å². The number of rotatable bonds is 3. The molecule has 0 aromatic heterocycles. The monoisotopic (exact) mass is 507 g/mol. The van der Waals surface area contributed by atoms with Crippen LogP contribution in [0.25, 0.3) is 0 Å². The molecule has 2 aliphatic heterocycles. The topological polar surface area (TPSA) is 12.5 Å². The van der Waals surface area contributed by atoms with Gasteiger partial charge in [-0.2, -0.15) is 0 Å². The molecule has 2 saturated heterocycles. The average molecular weight is 508 g/mol. The Balaban J connectivity index is 1.14. The molecule has 10 unspecified atom stereocenters. The predicted octanol–water partition coefficient (Wildman–Crippen LogP) is 7.89. The largest absolute Gasteiger partial charge is 0.379 e. The van der Waals surface area contributed by atoms with E-state index in [1.807, 2.05) is 0 Å². The first kappa shape index (κ1) is 24.2. The minimum atomic E-state index is 0.801. The normalized spacial score (nSPS) is 42.7. The van der Waals surface area contributed by atoms with Gasteiger partial charge in [0.1, 0.15) is 0 Å². The van der Waals surface area contributed by atoms with E-state index in [0.29, 0.717) is 0 Å². The summed E-state index contributed by atoms with van der Waals surface area (Å²) in [4.78, 5) is 3.00. The summed E-state index contributed by atoms with van der Waals surface area (Å²) in [5.41, 5.74) is 3.28. The van der Waals surface area contributed by atoms with Crippen molar-refractivity contribution in [3.63, 3.8) is 0 Å². The highest BCUT2D eigenvalue weighted by molar-refractivity contribution is 6.60. The van der Waals surface area contributed by atoms with Crippen LogP contribution in [0.15, 0.2) is 60.7 Å². The van der Waals surface area contributed by atoms with Crippen LogP contribution in [0.2, 0.25) is 11.6 Å². The Bertz CT molecular complexity index is 1010. The van der Waals surface area contributed by atoms with E-state index in [4.69, 9.17) is 4.74 Å². The van der Waals surface area contributed by atoms with Gasteiger partial charge >= 0.3 is 0 Å². The number of morpholine rings is 1. The minimum Gasteiger partial charge on any atom is -0.379 e. The Labute approximate surface area is 231 Å². The number of hydrogen-bond acceptors (Lipinski definition) is 2. The lowest BCUT2D eigenvalue weighted by molar-refractivity contribution is 0.0653. The number of nitrogens with zero attached hydrogens (tertiary/aromatic N) is 1. The van der Waals surface area contributed by atoms with Gasteiger partial charge in [0.25, 0.3) is 0 Å². The Hall–Kier alpha value is -1.58. The van der Waals surface area contributed by atoms with Gasteiger partial charge in [-0.15, -0.1) is 0 Å². The molecule has 0 bridgehead atoms. The van der Waals surface area contributed by atoms with Crippen molar-refractivity contribution in [3.05, 3.63) is 71.8 Å². The van der Waals surface area contributed by atoms with Crippen LogP contribution >= 0.6 is 0 Å². The molecule has 0 spiro atoms. The highest BCUT2D eigenvalue weighted by Gasteiger charge is 2.63. The molecule has 2 aromatic carbocycles. The molecular weight excluding hydrogens is 461 g/mol. The van der Waals surface area contributed by atoms with Crippen molar-refractivity contribution < 1.29 is 4.74 Å². The van der Waals surface area contributed by atoms with E-state index < -0.39 is 0 Å². The Morgan fingerprint density at radius 1 is 0.579 bits per heavy atom. The number of hydrogen-bond donors (Lipinski definition) is 0. The molecule has 4 saturated carbocycles. The zero-order chi connectivity index (χ0) is 25.1. The first-order valence-corrected chi connectivity index (χ1v) is 16.3. The van der Waals surface area contributed by atoms with Gasteiger partial charge in [-0.05, 0) is 102 Å². The zero-order valence-electron chi connectivity index (χ0n) is 23.2. The molecular formula is C35H46BNO. The third-order valence-corrected chi connectivity index (χ3v) is 12.8. The Kier molecular flexibility index (Phi) is 6.45. The molecule has 8 rings (SSSR count). The van der Waals surface area contributed by atoms with E-state index in [0.717, 1.165) is 79.0 Å². The molecule has 4 aliphatic carbocycles. The summed E-state index contributed by atoms with van der Waals surface area (Å²) in [5.74, 6) is 9.11. The predicted molar refractivity (Wildman–Crippen MR) is 157 cm³/mol. The molecule has 6 aliphatic rings. The average Bonchev–Trinajstić information content (AvgIpc) is 3.55. The second-order valence-corrected chi connectivity index (χ2v) is 14.1.